The fourth-order valence-corrected chi connectivity index (χ4v) is 2.72. The average Bonchev–Trinajstić information content (AvgIpc) is 2.76. The number of hydrogen-bond acceptors (Lipinski definition) is 3. The lowest BCUT2D eigenvalue weighted by atomic mass is 10.4. The van der Waals surface area contributed by atoms with Gasteiger partial charge in [0.15, 0.2) is 0 Å². The van der Waals surface area contributed by atoms with E-state index in [4.69, 9.17) is 5.73 Å². The molecule has 2 heterocycles. The Morgan fingerprint density at radius 1 is 1.23 bits per heavy atom. The number of nitrogens with two attached hydrogens (primary N) is 1. The Balaban J connectivity index is 1.92. The van der Waals surface area contributed by atoms with E-state index in [1.807, 2.05) is 11.3 Å². The highest BCUT2D eigenvalue weighted by Gasteiger charge is 2.12. The number of likely N-dealkylation sites (tertiary alicyclic amines) is 1. The SMILES string of the molecule is NCc1ccc(CN2CCCC2)s1. The summed E-state index contributed by atoms with van der Waals surface area (Å²) in [5, 5.41) is 0. The van der Waals surface area contributed by atoms with Crippen LogP contribution in [0.4, 0.5) is 0 Å². The normalized spacial score (nSPS) is 18.2. The van der Waals surface area contributed by atoms with Gasteiger partial charge in [0.05, 0.1) is 0 Å². The molecule has 1 aliphatic rings. The molecular weight excluding hydrogens is 180 g/mol. The van der Waals surface area contributed by atoms with Crippen LogP contribution in [0.2, 0.25) is 0 Å². The van der Waals surface area contributed by atoms with E-state index in [-0.39, 0.29) is 0 Å². The standard InChI is InChI=1S/C10H16N2S/c11-7-9-3-4-10(13-9)8-12-5-1-2-6-12/h3-4H,1-2,5-8,11H2. The summed E-state index contributed by atoms with van der Waals surface area (Å²) in [6.07, 6.45) is 2.74. The van der Waals surface area contributed by atoms with Crippen molar-refractivity contribution in [3.8, 4) is 0 Å². The zero-order valence-electron chi connectivity index (χ0n) is 7.83. The first kappa shape index (κ1) is 9.19. The van der Waals surface area contributed by atoms with E-state index >= 15 is 0 Å². The van der Waals surface area contributed by atoms with Crippen molar-refractivity contribution < 1.29 is 0 Å². The topological polar surface area (TPSA) is 29.3 Å². The van der Waals surface area contributed by atoms with Crippen molar-refractivity contribution in [1.82, 2.24) is 4.90 Å². The highest BCUT2D eigenvalue weighted by molar-refractivity contribution is 7.11. The van der Waals surface area contributed by atoms with Crippen molar-refractivity contribution in [1.29, 1.82) is 0 Å². The molecule has 0 saturated carbocycles. The fraction of sp³-hybridized carbons (Fsp3) is 0.600. The lowest BCUT2D eigenvalue weighted by Crippen LogP contribution is -2.17. The van der Waals surface area contributed by atoms with E-state index < -0.39 is 0 Å². The molecule has 1 fully saturated rings. The Morgan fingerprint density at radius 2 is 1.92 bits per heavy atom. The van der Waals surface area contributed by atoms with Gasteiger partial charge in [0.25, 0.3) is 0 Å². The molecule has 3 heteroatoms. The molecule has 2 nitrogen and oxygen atoms in total. The lowest BCUT2D eigenvalue weighted by Gasteiger charge is -2.12. The summed E-state index contributed by atoms with van der Waals surface area (Å²) >= 11 is 1.85. The third-order valence-electron chi connectivity index (χ3n) is 2.50. The Hall–Kier alpha value is -0.380. The lowest BCUT2D eigenvalue weighted by molar-refractivity contribution is 0.334. The minimum Gasteiger partial charge on any atom is -0.326 e. The van der Waals surface area contributed by atoms with Crippen molar-refractivity contribution in [2.75, 3.05) is 13.1 Å². The van der Waals surface area contributed by atoms with Gasteiger partial charge in [0, 0.05) is 22.8 Å². The quantitative estimate of drug-likeness (QED) is 0.799. The van der Waals surface area contributed by atoms with E-state index in [9.17, 15) is 0 Å². The molecule has 0 radical (unpaired) electrons. The summed E-state index contributed by atoms with van der Waals surface area (Å²) in [5.41, 5.74) is 5.57. The summed E-state index contributed by atoms with van der Waals surface area (Å²) in [4.78, 5) is 5.28. The molecule has 0 bridgehead atoms. The van der Waals surface area contributed by atoms with Crippen molar-refractivity contribution in [3.05, 3.63) is 21.9 Å². The Labute approximate surface area is 83.4 Å². The third-order valence-corrected chi connectivity index (χ3v) is 3.59. The average molecular weight is 196 g/mol. The molecule has 1 aliphatic heterocycles. The summed E-state index contributed by atoms with van der Waals surface area (Å²) in [6, 6.07) is 4.36. The molecule has 0 unspecified atom stereocenters. The molecule has 1 aromatic heterocycles. The van der Waals surface area contributed by atoms with Crippen molar-refractivity contribution >= 4 is 11.3 Å². The summed E-state index contributed by atoms with van der Waals surface area (Å²) < 4.78 is 0. The van der Waals surface area contributed by atoms with E-state index in [0.717, 1.165) is 6.54 Å². The van der Waals surface area contributed by atoms with Gasteiger partial charge in [0.1, 0.15) is 0 Å². The minimum atomic E-state index is 0.685. The van der Waals surface area contributed by atoms with Gasteiger partial charge in [0.2, 0.25) is 0 Å². The molecule has 0 amide bonds. The number of rotatable bonds is 3. The van der Waals surface area contributed by atoms with Crippen LogP contribution in [0.25, 0.3) is 0 Å². The number of thiophene rings is 1. The highest BCUT2D eigenvalue weighted by atomic mass is 32.1. The van der Waals surface area contributed by atoms with E-state index in [0.29, 0.717) is 6.54 Å². The zero-order chi connectivity index (χ0) is 9.10. The first-order valence-corrected chi connectivity index (χ1v) is 5.70. The second-order valence-corrected chi connectivity index (χ2v) is 4.81. The Morgan fingerprint density at radius 3 is 2.54 bits per heavy atom. The summed E-state index contributed by atoms with van der Waals surface area (Å²) in [6.45, 7) is 4.36. The van der Waals surface area contributed by atoms with E-state index in [1.165, 1.54) is 35.7 Å². The third kappa shape index (κ3) is 2.30. The first-order chi connectivity index (χ1) is 6.38. The molecule has 0 spiro atoms. The van der Waals surface area contributed by atoms with Crippen molar-refractivity contribution in [2.45, 2.75) is 25.9 Å². The monoisotopic (exact) mass is 196 g/mol. The smallest absolute Gasteiger partial charge is 0.0328 e. The van der Waals surface area contributed by atoms with E-state index in [1.54, 1.807) is 0 Å². The van der Waals surface area contributed by atoms with Crippen LogP contribution in [-0.2, 0) is 13.1 Å². The Kier molecular flexibility index (Phi) is 2.98. The van der Waals surface area contributed by atoms with Crippen LogP contribution < -0.4 is 5.73 Å². The molecule has 1 saturated heterocycles. The summed E-state index contributed by atoms with van der Waals surface area (Å²) in [7, 11) is 0. The second-order valence-electron chi connectivity index (χ2n) is 3.56. The number of hydrogen-bond donors (Lipinski definition) is 1. The first-order valence-electron chi connectivity index (χ1n) is 4.88. The van der Waals surface area contributed by atoms with Gasteiger partial charge in [-0.2, -0.15) is 0 Å². The molecule has 0 aromatic carbocycles. The maximum Gasteiger partial charge on any atom is 0.0328 e. The molecule has 2 rings (SSSR count). The minimum absolute atomic E-state index is 0.685. The summed E-state index contributed by atoms with van der Waals surface area (Å²) in [5.74, 6) is 0. The van der Waals surface area contributed by atoms with Gasteiger partial charge in [-0.3, -0.25) is 4.90 Å². The van der Waals surface area contributed by atoms with Crippen LogP contribution in [0.3, 0.4) is 0 Å². The van der Waals surface area contributed by atoms with Gasteiger partial charge in [-0.15, -0.1) is 11.3 Å². The van der Waals surface area contributed by atoms with Crippen LogP contribution in [0.5, 0.6) is 0 Å². The van der Waals surface area contributed by atoms with Crippen LogP contribution >= 0.6 is 11.3 Å². The molecule has 72 valence electrons. The van der Waals surface area contributed by atoms with Crippen LogP contribution in [0, 0.1) is 0 Å². The van der Waals surface area contributed by atoms with Gasteiger partial charge < -0.3 is 5.73 Å². The molecular formula is C10H16N2S. The maximum atomic E-state index is 5.57. The molecule has 2 N–H and O–H groups in total. The van der Waals surface area contributed by atoms with Gasteiger partial charge in [-0.25, -0.2) is 0 Å². The molecule has 1 aromatic rings. The van der Waals surface area contributed by atoms with Crippen LogP contribution in [0.15, 0.2) is 12.1 Å². The predicted molar refractivity (Wildman–Crippen MR) is 56.7 cm³/mol. The van der Waals surface area contributed by atoms with Crippen LogP contribution in [-0.4, -0.2) is 18.0 Å². The molecule has 0 atom stereocenters. The van der Waals surface area contributed by atoms with E-state index in [2.05, 4.69) is 17.0 Å². The van der Waals surface area contributed by atoms with Gasteiger partial charge in [-0.05, 0) is 38.1 Å². The highest BCUT2D eigenvalue weighted by Crippen LogP contribution is 2.19. The number of nitrogens with zero attached hydrogens (tertiary/aromatic N) is 1. The second kappa shape index (κ2) is 4.22. The van der Waals surface area contributed by atoms with Gasteiger partial charge >= 0.3 is 0 Å². The molecule has 13 heavy (non-hydrogen) atoms. The predicted octanol–water partition coefficient (Wildman–Crippen LogP) is 1.80. The Bertz CT molecular complexity index is 264. The fourth-order valence-electron chi connectivity index (χ4n) is 1.78. The maximum absolute atomic E-state index is 5.57. The molecule has 0 aliphatic carbocycles. The largest absolute Gasteiger partial charge is 0.326 e. The zero-order valence-corrected chi connectivity index (χ0v) is 8.65. The van der Waals surface area contributed by atoms with Crippen molar-refractivity contribution in [3.63, 3.8) is 0 Å². The van der Waals surface area contributed by atoms with Crippen molar-refractivity contribution in [2.24, 2.45) is 5.73 Å². The van der Waals surface area contributed by atoms with Crippen LogP contribution in [0.1, 0.15) is 22.6 Å². The van der Waals surface area contributed by atoms with Gasteiger partial charge in [-0.1, -0.05) is 0 Å².